The van der Waals surface area contributed by atoms with Gasteiger partial charge in [0.25, 0.3) is 5.69 Å². The van der Waals surface area contributed by atoms with Gasteiger partial charge in [-0.25, -0.2) is 24.6 Å². The lowest BCUT2D eigenvalue weighted by molar-refractivity contribution is -0.387. The molecule has 0 saturated carbocycles. The van der Waals surface area contributed by atoms with Crippen LogP contribution in [0.5, 0.6) is 11.5 Å². The molecule has 0 amide bonds. The van der Waals surface area contributed by atoms with E-state index < -0.39 is 21.4 Å². The second-order valence-corrected chi connectivity index (χ2v) is 16.4. The molecule has 3 N–H and O–H groups in total. The van der Waals surface area contributed by atoms with Crippen LogP contribution in [0, 0.1) is 32.1 Å². The molecule has 3 aromatic carbocycles. The summed E-state index contributed by atoms with van der Waals surface area (Å²) in [6.07, 6.45) is 11.7. The lowest BCUT2D eigenvalue weighted by Gasteiger charge is -2.22. The van der Waals surface area contributed by atoms with Crippen molar-refractivity contribution in [1.82, 2.24) is 54.6 Å². The lowest BCUT2D eigenvalue weighted by atomic mass is 10.1. The first-order valence-electron chi connectivity index (χ1n) is 22.0. The molecule has 0 radical (unpaired) electrons. The zero-order valence-corrected chi connectivity index (χ0v) is 41.1. The molecule has 1 aliphatic carbocycles. The second-order valence-electron chi connectivity index (χ2n) is 16.4. The van der Waals surface area contributed by atoms with Gasteiger partial charge in [0.2, 0.25) is 17.7 Å². The van der Waals surface area contributed by atoms with Crippen molar-refractivity contribution in [1.29, 1.82) is 0 Å². The molecule has 4 heterocycles. The molecule has 22 nitrogen and oxygen atoms in total. The minimum Gasteiger partial charge on any atom is -0.494 e. The number of anilines is 5. The Morgan fingerprint density at radius 3 is 1.90 bits per heavy atom. The number of hydrogen-bond acceptors (Lipinski definition) is 18. The number of aromatic nitrogens is 8. The molecular formula is C48H56FN16O6+. The molecular weight excluding hydrogens is 916 g/mol. The summed E-state index contributed by atoms with van der Waals surface area (Å²) in [7, 11) is 18.4. The van der Waals surface area contributed by atoms with Crippen LogP contribution in [0.15, 0.2) is 79.1 Å². The van der Waals surface area contributed by atoms with Gasteiger partial charge in [-0.05, 0) is 53.4 Å². The summed E-state index contributed by atoms with van der Waals surface area (Å²) in [4.78, 5) is 45.2. The molecule has 0 saturated heterocycles. The first-order chi connectivity index (χ1) is 34.0. The summed E-state index contributed by atoms with van der Waals surface area (Å²) < 4.78 is 28.0. The molecule has 0 fully saturated rings. The molecule has 0 spiro atoms. The Hall–Kier alpha value is -8.50. The number of benzene rings is 3. The maximum Gasteiger partial charge on any atom is 0.307 e. The van der Waals surface area contributed by atoms with E-state index in [4.69, 9.17) is 9.47 Å². The van der Waals surface area contributed by atoms with Gasteiger partial charge in [-0.15, -0.1) is 0 Å². The maximum absolute atomic E-state index is 13.8. The van der Waals surface area contributed by atoms with Crippen molar-refractivity contribution < 1.29 is 23.7 Å². The number of allylic oxidation sites excluding steroid dienone is 2. The van der Waals surface area contributed by atoms with E-state index in [0.29, 0.717) is 40.8 Å². The van der Waals surface area contributed by atoms with Gasteiger partial charge in [-0.3, -0.25) is 24.9 Å². The number of ether oxygens (including phenoxy) is 2. The fourth-order valence-electron chi connectivity index (χ4n) is 7.11. The number of aryl methyl sites for hydroxylation is 2. The van der Waals surface area contributed by atoms with Crippen molar-refractivity contribution in [3.63, 3.8) is 0 Å². The highest BCUT2D eigenvalue weighted by atomic mass is 19.1. The van der Waals surface area contributed by atoms with Crippen LogP contribution in [-0.2, 0) is 14.1 Å². The lowest BCUT2D eigenvalue weighted by Crippen LogP contribution is -2.28. The van der Waals surface area contributed by atoms with Crippen molar-refractivity contribution in [2.24, 2.45) is 14.1 Å². The van der Waals surface area contributed by atoms with Gasteiger partial charge in [0.15, 0.2) is 5.69 Å². The van der Waals surface area contributed by atoms with E-state index in [1.165, 1.54) is 26.5 Å². The number of likely N-dealkylation sites (N-methyl/N-ethyl adjacent to an activating group) is 4. The predicted octanol–water partition coefficient (Wildman–Crippen LogP) is 6.98. The molecule has 7 aromatic rings. The molecule has 0 atom stereocenters. The van der Waals surface area contributed by atoms with E-state index in [1.807, 2.05) is 88.5 Å². The van der Waals surface area contributed by atoms with Crippen LogP contribution in [0.1, 0.15) is 11.3 Å². The zero-order valence-electron chi connectivity index (χ0n) is 41.1. The predicted molar refractivity (Wildman–Crippen MR) is 273 cm³/mol. The second kappa shape index (κ2) is 23.7. The van der Waals surface area contributed by atoms with E-state index >= 15 is 0 Å². The molecule has 4 aromatic heterocycles. The minimum absolute atomic E-state index is 0.0403. The average molecular weight is 972 g/mol. The minimum atomic E-state index is -0.996. The standard InChI is InChI=1S/C24H28N8O3.C19H14FN6O3.C5H14N2/c1-29(2)12-13-30(3)20-15-22(35-5)18(14-21(20)32(33)34)27-24-25-11-10-17(26-24)23-16-8-6-7-9-19(16)31(4)28-23;1-25-15-6-4-3-5-11(15)18(24-25)13-7-8-21-19(22-13)23-14-10-16(26(27)28)12(20)9-17(14)29-2;1-6-4-5-7(2)3/h6-11,14-15H,12-13H2,1-5H3,(H,25,26,27);3,5-10H,1-2H3,(H,21,22,23);6H,4-5H2,1-3H3/q;+1;. The highest BCUT2D eigenvalue weighted by Crippen LogP contribution is 2.39. The van der Waals surface area contributed by atoms with Gasteiger partial charge in [0.1, 0.15) is 46.3 Å². The van der Waals surface area contributed by atoms with E-state index in [9.17, 15) is 24.6 Å². The van der Waals surface area contributed by atoms with Crippen molar-refractivity contribution in [3.8, 4) is 34.3 Å². The number of para-hydroxylation sites is 1. The maximum atomic E-state index is 13.8. The van der Waals surface area contributed by atoms with Gasteiger partial charge in [0, 0.05) is 95.4 Å². The number of nitro groups is 2. The zero-order chi connectivity index (χ0) is 51.4. The van der Waals surface area contributed by atoms with Crippen molar-refractivity contribution >= 4 is 63.4 Å². The van der Waals surface area contributed by atoms with Crippen LogP contribution < -0.4 is 30.3 Å². The number of nitro benzene ring substituents is 2. The molecule has 23 heteroatoms. The van der Waals surface area contributed by atoms with Crippen molar-refractivity contribution in [2.75, 3.05) is 98.2 Å². The number of halogens is 1. The highest BCUT2D eigenvalue weighted by molar-refractivity contribution is 5.92. The number of fused-ring (bicyclic) bond motifs is 2. The van der Waals surface area contributed by atoms with Crippen LogP contribution >= 0.6 is 0 Å². The first kappa shape index (κ1) is 51.9. The summed E-state index contributed by atoms with van der Waals surface area (Å²) in [5.74, 6) is -0.0362. The van der Waals surface area contributed by atoms with Gasteiger partial charge >= 0.3 is 5.69 Å². The molecule has 71 heavy (non-hydrogen) atoms. The Balaban J connectivity index is 0.000000208. The smallest absolute Gasteiger partial charge is 0.307 e. The van der Waals surface area contributed by atoms with Crippen molar-refractivity contribution in [3.05, 3.63) is 123 Å². The largest absolute Gasteiger partial charge is 0.494 e. The fraction of sp³-hybridized carbons (Fsp3) is 0.292. The number of methoxy groups -OCH3 is 2. The summed E-state index contributed by atoms with van der Waals surface area (Å²) in [5.41, 5.74) is 5.64. The Morgan fingerprint density at radius 2 is 1.32 bits per heavy atom. The number of nitrogens with zero attached hydrogens (tertiary/aromatic N) is 13. The summed E-state index contributed by atoms with van der Waals surface area (Å²) in [6.45, 7) is 3.56. The van der Waals surface area contributed by atoms with Crippen molar-refractivity contribution in [2.45, 2.75) is 0 Å². The summed E-state index contributed by atoms with van der Waals surface area (Å²) >= 11 is 0. The molecule has 0 unspecified atom stereocenters. The monoisotopic (exact) mass is 971 g/mol. The normalized spacial score (nSPS) is 11.3. The van der Waals surface area contributed by atoms with E-state index in [2.05, 4.69) is 71.2 Å². The number of nitrogens with one attached hydrogen (secondary N) is 3. The van der Waals surface area contributed by atoms with Crippen LogP contribution in [0.2, 0.25) is 0 Å². The van der Waals surface area contributed by atoms with Gasteiger partial charge in [-0.2, -0.15) is 14.6 Å². The summed E-state index contributed by atoms with van der Waals surface area (Å²) in [6, 6.07) is 16.5. The van der Waals surface area contributed by atoms with Gasteiger partial charge in [0.05, 0.1) is 58.4 Å². The van der Waals surface area contributed by atoms with Crippen LogP contribution in [-0.4, -0.2) is 142 Å². The molecule has 0 aliphatic heterocycles. The Labute approximate surface area is 409 Å². The number of rotatable bonds is 17. The van der Waals surface area contributed by atoms with Crippen LogP contribution in [0.4, 0.5) is 44.7 Å². The Morgan fingerprint density at radius 1 is 0.746 bits per heavy atom. The Bertz CT molecular complexity index is 3060. The Kier molecular flexibility index (Phi) is 17.3. The topological polar surface area (TPSA) is 238 Å². The molecule has 0 bridgehead atoms. The first-order valence-corrected chi connectivity index (χ1v) is 22.0. The van der Waals surface area contributed by atoms with E-state index in [-0.39, 0.29) is 29.0 Å². The molecule has 8 rings (SSSR count). The third kappa shape index (κ3) is 12.8. The number of hydrogen-bond donors (Lipinski definition) is 3. The van der Waals surface area contributed by atoms with Gasteiger partial charge < -0.3 is 40.1 Å². The average Bonchev–Trinajstić information content (AvgIpc) is 3.89. The molecule has 370 valence electrons. The van der Waals surface area contributed by atoms with Crippen LogP contribution in [0.25, 0.3) is 45.8 Å². The SMILES string of the molecule is CNCCN(C)C.COc1cc(F)c([N+](=O)[O-])cc1Nc1nccc(-c2nn(C)c3c2C=C[C+]=C3)n1.COc1cc(N(C)CCN(C)C)c([N+](=O)[O-])cc1Nc1nccc(-c2nn(C)c3ccccc23)n1. The third-order valence-corrected chi connectivity index (χ3v) is 10.8. The quantitative estimate of drug-likeness (QED) is 0.0474. The van der Waals surface area contributed by atoms with Crippen LogP contribution in [0.3, 0.4) is 0 Å². The van der Waals surface area contributed by atoms with E-state index in [0.717, 1.165) is 59.6 Å². The third-order valence-electron chi connectivity index (χ3n) is 10.8. The van der Waals surface area contributed by atoms with Gasteiger partial charge in [-0.1, -0.05) is 18.2 Å². The highest BCUT2D eigenvalue weighted by Gasteiger charge is 2.26. The van der Waals surface area contributed by atoms with E-state index in [1.54, 1.807) is 39.8 Å². The molecule has 1 aliphatic rings. The fourth-order valence-corrected chi connectivity index (χ4v) is 7.11. The summed E-state index contributed by atoms with van der Waals surface area (Å²) in [5, 5.41) is 42.0.